The molecule has 5 heteroatoms. The van der Waals surface area contributed by atoms with E-state index in [1.54, 1.807) is 0 Å². The molecule has 0 aliphatic carbocycles. The lowest BCUT2D eigenvalue weighted by Gasteiger charge is -2.22. The lowest BCUT2D eigenvalue weighted by molar-refractivity contribution is -0.131. The van der Waals surface area contributed by atoms with Gasteiger partial charge in [-0.1, -0.05) is 20.8 Å². The van der Waals surface area contributed by atoms with E-state index in [0.717, 1.165) is 6.54 Å². The van der Waals surface area contributed by atoms with Gasteiger partial charge in [-0.3, -0.25) is 9.59 Å². The highest BCUT2D eigenvalue weighted by atomic mass is 16.2. The highest BCUT2D eigenvalue weighted by Crippen LogP contribution is 2.16. The minimum atomic E-state index is -0.569. The van der Waals surface area contributed by atoms with Crippen molar-refractivity contribution in [2.45, 2.75) is 26.8 Å². The maximum absolute atomic E-state index is 11.9. The van der Waals surface area contributed by atoms with Gasteiger partial charge in [-0.05, 0) is 18.4 Å². The maximum atomic E-state index is 11.9. The first kappa shape index (κ1) is 13.0. The van der Waals surface area contributed by atoms with E-state index in [2.05, 4.69) is 10.6 Å². The van der Waals surface area contributed by atoms with Crippen LogP contribution in [0.1, 0.15) is 20.8 Å². The number of carbonyl (C=O) groups is 2. The zero-order valence-corrected chi connectivity index (χ0v) is 10.1. The molecular formula is C11H21N3O2. The molecule has 0 spiro atoms. The van der Waals surface area contributed by atoms with Gasteiger partial charge >= 0.3 is 0 Å². The lowest BCUT2D eigenvalue weighted by Crippen LogP contribution is -2.50. The van der Waals surface area contributed by atoms with E-state index in [1.165, 1.54) is 0 Å². The second-order valence-corrected chi connectivity index (χ2v) is 4.87. The van der Waals surface area contributed by atoms with Crippen molar-refractivity contribution >= 4 is 11.8 Å². The smallest absolute Gasteiger partial charge is 0.240 e. The van der Waals surface area contributed by atoms with Gasteiger partial charge in [0.15, 0.2) is 0 Å². The van der Waals surface area contributed by atoms with Gasteiger partial charge < -0.3 is 16.4 Å². The number of hydrogen-bond acceptors (Lipinski definition) is 3. The number of carbonyl (C=O) groups excluding carboxylic acids is 2. The molecular weight excluding hydrogens is 206 g/mol. The summed E-state index contributed by atoms with van der Waals surface area (Å²) in [7, 11) is 0. The monoisotopic (exact) mass is 227 g/mol. The summed E-state index contributed by atoms with van der Waals surface area (Å²) < 4.78 is 0. The summed E-state index contributed by atoms with van der Waals surface area (Å²) in [5, 5.41) is 5.89. The van der Waals surface area contributed by atoms with Crippen molar-refractivity contribution in [3.8, 4) is 0 Å². The van der Waals surface area contributed by atoms with Crippen molar-refractivity contribution in [2.75, 3.05) is 13.1 Å². The van der Waals surface area contributed by atoms with Gasteiger partial charge in [0.1, 0.15) is 6.04 Å². The summed E-state index contributed by atoms with van der Waals surface area (Å²) in [6.45, 7) is 7.29. The molecule has 0 saturated carbocycles. The van der Waals surface area contributed by atoms with E-state index >= 15 is 0 Å². The third kappa shape index (κ3) is 2.95. The topological polar surface area (TPSA) is 84.2 Å². The highest BCUT2D eigenvalue weighted by Gasteiger charge is 2.32. The van der Waals surface area contributed by atoms with E-state index in [4.69, 9.17) is 5.73 Å². The van der Waals surface area contributed by atoms with Crippen molar-refractivity contribution in [1.29, 1.82) is 0 Å². The molecule has 1 rings (SSSR count). The lowest BCUT2D eigenvalue weighted by atomic mass is 9.95. The summed E-state index contributed by atoms with van der Waals surface area (Å²) in [5.41, 5.74) is 5.25. The van der Waals surface area contributed by atoms with E-state index in [1.807, 2.05) is 20.8 Å². The molecule has 0 aromatic carbocycles. The Morgan fingerprint density at radius 2 is 2.00 bits per heavy atom. The van der Waals surface area contributed by atoms with Crippen molar-refractivity contribution in [2.24, 2.45) is 23.5 Å². The zero-order valence-electron chi connectivity index (χ0n) is 10.1. The summed E-state index contributed by atoms with van der Waals surface area (Å²) >= 11 is 0. The first-order valence-electron chi connectivity index (χ1n) is 5.74. The largest absolute Gasteiger partial charge is 0.368 e. The van der Waals surface area contributed by atoms with Crippen molar-refractivity contribution in [1.82, 2.24) is 10.6 Å². The molecule has 5 nitrogen and oxygen atoms in total. The Balaban J connectivity index is 2.58. The van der Waals surface area contributed by atoms with Crippen molar-refractivity contribution < 1.29 is 9.59 Å². The van der Waals surface area contributed by atoms with Crippen LogP contribution < -0.4 is 16.4 Å². The maximum Gasteiger partial charge on any atom is 0.240 e. The first-order chi connectivity index (χ1) is 7.43. The van der Waals surface area contributed by atoms with E-state index < -0.39 is 11.9 Å². The van der Waals surface area contributed by atoms with Crippen molar-refractivity contribution in [3.63, 3.8) is 0 Å². The molecule has 2 amide bonds. The van der Waals surface area contributed by atoms with Gasteiger partial charge in [-0.2, -0.15) is 0 Å². The molecule has 3 atom stereocenters. The SMILES string of the molecule is CC(C)C(NC(=O)[C@@H]1CNC[C@H]1C)C(N)=O. The predicted octanol–water partition coefficient (Wildman–Crippen LogP) is -0.532. The average molecular weight is 227 g/mol. The van der Waals surface area contributed by atoms with Crippen molar-refractivity contribution in [3.05, 3.63) is 0 Å². The normalized spacial score (nSPS) is 26.8. The molecule has 16 heavy (non-hydrogen) atoms. The number of amides is 2. The Hall–Kier alpha value is -1.10. The molecule has 1 fully saturated rings. The molecule has 0 radical (unpaired) electrons. The van der Waals surface area contributed by atoms with Gasteiger partial charge in [0.05, 0.1) is 5.92 Å². The molecule has 1 aliphatic rings. The van der Waals surface area contributed by atoms with Gasteiger partial charge in [-0.15, -0.1) is 0 Å². The van der Waals surface area contributed by atoms with Crippen LogP contribution >= 0.6 is 0 Å². The third-order valence-corrected chi connectivity index (χ3v) is 3.13. The van der Waals surface area contributed by atoms with Gasteiger partial charge in [-0.25, -0.2) is 0 Å². The molecule has 1 aliphatic heterocycles. The van der Waals surface area contributed by atoms with Crippen LogP contribution in [-0.2, 0) is 9.59 Å². The van der Waals surface area contributed by atoms with Crippen LogP contribution in [0, 0.1) is 17.8 Å². The van der Waals surface area contributed by atoms with Crippen LogP contribution in [0.2, 0.25) is 0 Å². The van der Waals surface area contributed by atoms with Crippen LogP contribution in [0.3, 0.4) is 0 Å². The Labute approximate surface area is 96.1 Å². The second-order valence-electron chi connectivity index (χ2n) is 4.87. The quantitative estimate of drug-likeness (QED) is 0.603. The molecule has 1 saturated heterocycles. The average Bonchev–Trinajstić information content (AvgIpc) is 2.59. The van der Waals surface area contributed by atoms with E-state index in [-0.39, 0.29) is 17.7 Å². The molecule has 0 bridgehead atoms. The molecule has 92 valence electrons. The minimum absolute atomic E-state index is 0.0196. The zero-order chi connectivity index (χ0) is 12.3. The van der Waals surface area contributed by atoms with Crippen LogP contribution in [0.5, 0.6) is 0 Å². The van der Waals surface area contributed by atoms with Crippen LogP contribution in [0.25, 0.3) is 0 Å². The molecule has 4 N–H and O–H groups in total. The standard InChI is InChI=1S/C11H21N3O2/c1-6(2)9(10(12)15)14-11(16)8-5-13-4-7(8)3/h6-9,13H,4-5H2,1-3H3,(H2,12,15)(H,14,16)/t7-,8-,9?/m1/s1. The number of primary amides is 1. The molecule has 1 heterocycles. The van der Waals surface area contributed by atoms with Crippen LogP contribution in [0.4, 0.5) is 0 Å². The number of hydrogen-bond donors (Lipinski definition) is 3. The molecule has 1 unspecified atom stereocenters. The Bertz CT molecular complexity index is 278. The highest BCUT2D eigenvalue weighted by molar-refractivity contribution is 5.88. The fourth-order valence-electron chi connectivity index (χ4n) is 1.99. The number of nitrogens with two attached hydrogens (primary N) is 1. The first-order valence-corrected chi connectivity index (χ1v) is 5.74. The summed E-state index contributed by atoms with van der Waals surface area (Å²) in [4.78, 5) is 23.1. The Morgan fingerprint density at radius 3 is 2.38 bits per heavy atom. The summed E-state index contributed by atoms with van der Waals surface area (Å²) in [6.07, 6.45) is 0. The van der Waals surface area contributed by atoms with Gasteiger partial charge in [0.2, 0.25) is 11.8 Å². The fourth-order valence-corrected chi connectivity index (χ4v) is 1.99. The van der Waals surface area contributed by atoms with Gasteiger partial charge in [0.25, 0.3) is 0 Å². The Morgan fingerprint density at radius 1 is 1.38 bits per heavy atom. The summed E-state index contributed by atoms with van der Waals surface area (Å²) in [6, 6.07) is -0.569. The fraction of sp³-hybridized carbons (Fsp3) is 0.818. The molecule has 0 aromatic heterocycles. The third-order valence-electron chi connectivity index (χ3n) is 3.13. The molecule has 0 aromatic rings. The number of nitrogens with one attached hydrogen (secondary N) is 2. The minimum Gasteiger partial charge on any atom is -0.368 e. The predicted molar refractivity (Wildman–Crippen MR) is 61.5 cm³/mol. The van der Waals surface area contributed by atoms with Crippen LogP contribution in [-0.4, -0.2) is 30.9 Å². The van der Waals surface area contributed by atoms with Crippen LogP contribution in [0.15, 0.2) is 0 Å². The van der Waals surface area contributed by atoms with E-state index in [9.17, 15) is 9.59 Å². The second kappa shape index (κ2) is 5.30. The Kier molecular flexibility index (Phi) is 4.29. The van der Waals surface area contributed by atoms with E-state index in [0.29, 0.717) is 12.5 Å². The number of rotatable bonds is 4. The van der Waals surface area contributed by atoms with Gasteiger partial charge in [0, 0.05) is 6.54 Å². The summed E-state index contributed by atoms with van der Waals surface area (Å²) in [5.74, 6) is -0.274.